The normalized spacial score (nSPS) is 18.0. The largest absolute Gasteiger partial charge is 0.322 e. The number of nitrogens with one attached hydrogen (secondary N) is 1. The molecule has 0 saturated heterocycles. The van der Waals surface area contributed by atoms with Crippen molar-refractivity contribution in [1.29, 1.82) is 0 Å². The molecule has 2 aromatic rings. The smallest absolute Gasteiger partial charge is 0.256 e. The molecule has 28 heavy (non-hydrogen) atoms. The van der Waals surface area contributed by atoms with E-state index < -0.39 is 6.04 Å². The summed E-state index contributed by atoms with van der Waals surface area (Å²) < 4.78 is 0. The van der Waals surface area contributed by atoms with Crippen molar-refractivity contribution in [1.82, 2.24) is 14.9 Å². The summed E-state index contributed by atoms with van der Waals surface area (Å²) >= 11 is 6.27. The summed E-state index contributed by atoms with van der Waals surface area (Å²) in [5.41, 5.74) is 1.39. The van der Waals surface area contributed by atoms with Crippen LogP contribution in [0.2, 0.25) is 5.02 Å². The number of carbonyl (C=O) groups excluding carboxylic acids is 2. The molecule has 1 aromatic carbocycles. The number of rotatable bonds is 5. The second-order valence-electron chi connectivity index (χ2n) is 7.54. The summed E-state index contributed by atoms with van der Waals surface area (Å²) in [6, 6.07) is 4.91. The van der Waals surface area contributed by atoms with Gasteiger partial charge in [-0.3, -0.25) is 14.6 Å². The van der Waals surface area contributed by atoms with Gasteiger partial charge in [0.05, 0.1) is 16.8 Å². The second-order valence-corrected chi connectivity index (χ2v) is 7.95. The molecule has 1 unspecified atom stereocenters. The first-order valence-electron chi connectivity index (χ1n) is 9.78. The molecule has 1 aliphatic carbocycles. The number of amides is 2. The van der Waals surface area contributed by atoms with Crippen LogP contribution in [0.15, 0.2) is 36.8 Å². The van der Waals surface area contributed by atoms with E-state index in [0.29, 0.717) is 35.3 Å². The third-order valence-electron chi connectivity index (χ3n) is 5.69. The maximum atomic E-state index is 13.1. The summed E-state index contributed by atoms with van der Waals surface area (Å²) in [5, 5.41) is 3.27. The molecule has 146 valence electrons. The Morgan fingerprint density at radius 2 is 2.07 bits per heavy atom. The Morgan fingerprint density at radius 1 is 1.25 bits per heavy atom. The van der Waals surface area contributed by atoms with Crippen LogP contribution in [-0.2, 0) is 11.3 Å². The maximum absolute atomic E-state index is 13.1. The Labute approximate surface area is 169 Å². The fourth-order valence-electron chi connectivity index (χ4n) is 4.28. The van der Waals surface area contributed by atoms with Crippen LogP contribution in [0.1, 0.15) is 54.4 Å². The molecule has 1 saturated carbocycles. The summed E-state index contributed by atoms with van der Waals surface area (Å²) in [4.78, 5) is 36.0. The maximum Gasteiger partial charge on any atom is 0.256 e. The van der Waals surface area contributed by atoms with Crippen molar-refractivity contribution in [2.75, 3.05) is 5.32 Å². The Bertz CT molecular complexity index is 868. The minimum absolute atomic E-state index is 0.171. The molecule has 7 heteroatoms. The van der Waals surface area contributed by atoms with Crippen molar-refractivity contribution < 1.29 is 9.59 Å². The van der Waals surface area contributed by atoms with E-state index in [1.54, 1.807) is 17.2 Å². The molecule has 1 fully saturated rings. The van der Waals surface area contributed by atoms with Crippen molar-refractivity contribution in [2.45, 2.75) is 51.1 Å². The van der Waals surface area contributed by atoms with Crippen molar-refractivity contribution in [3.63, 3.8) is 0 Å². The van der Waals surface area contributed by atoms with Crippen molar-refractivity contribution >= 4 is 29.2 Å². The molecule has 2 aliphatic rings. The quantitative estimate of drug-likeness (QED) is 0.823. The molecule has 6 nitrogen and oxygen atoms in total. The Kier molecular flexibility index (Phi) is 5.57. The van der Waals surface area contributed by atoms with Gasteiger partial charge in [0.25, 0.3) is 5.91 Å². The molecule has 1 aromatic heterocycles. The molecule has 0 bridgehead atoms. The van der Waals surface area contributed by atoms with Gasteiger partial charge in [-0.2, -0.15) is 0 Å². The number of hydrogen-bond donors (Lipinski definition) is 1. The van der Waals surface area contributed by atoms with Gasteiger partial charge in [0.1, 0.15) is 6.04 Å². The number of fused-ring (bicyclic) bond motifs is 1. The van der Waals surface area contributed by atoms with Gasteiger partial charge in [0, 0.05) is 18.9 Å². The van der Waals surface area contributed by atoms with E-state index in [1.807, 2.05) is 12.1 Å². The lowest BCUT2D eigenvalue weighted by atomic mass is 9.84. The average molecular weight is 399 g/mol. The zero-order chi connectivity index (χ0) is 19.5. The first-order valence-corrected chi connectivity index (χ1v) is 10.2. The molecule has 1 aliphatic heterocycles. The average Bonchev–Trinajstić information content (AvgIpc) is 3.05. The number of anilines is 1. The Morgan fingerprint density at radius 3 is 2.79 bits per heavy atom. The highest BCUT2D eigenvalue weighted by atomic mass is 35.5. The topological polar surface area (TPSA) is 75.2 Å². The van der Waals surface area contributed by atoms with Crippen LogP contribution < -0.4 is 5.32 Å². The van der Waals surface area contributed by atoms with Crippen LogP contribution in [0, 0.1) is 5.92 Å². The SMILES string of the molecule is O=C(Nc1cnccn1)C(CC1CCCCC1)N1Cc2cccc(Cl)c2C1=O. The number of hydrogen-bond acceptors (Lipinski definition) is 4. The van der Waals surface area contributed by atoms with Gasteiger partial charge in [0.2, 0.25) is 5.91 Å². The van der Waals surface area contributed by atoms with Gasteiger partial charge < -0.3 is 10.2 Å². The molecule has 0 spiro atoms. The first-order chi connectivity index (χ1) is 13.6. The van der Waals surface area contributed by atoms with Gasteiger partial charge >= 0.3 is 0 Å². The summed E-state index contributed by atoms with van der Waals surface area (Å²) in [7, 11) is 0. The van der Waals surface area contributed by atoms with Crippen LogP contribution in [0.5, 0.6) is 0 Å². The zero-order valence-corrected chi connectivity index (χ0v) is 16.4. The number of halogens is 1. The molecular formula is C21H23ClN4O2. The lowest BCUT2D eigenvalue weighted by Crippen LogP contribution is -2.45. The first kappa shape index (κ1) is 18.9. The highest BCUT2D eigenvalue weighted by Gasteiger charge is 2.39. The molecule has 1 atom stereocenters. The minimum Gasteiger partial charge on any atom is -0.322 e. The van der Waals surface area contributed by atoms with Crippen LogP contribution in [0.3, 0.4) is 0 Å². The fraction of sp³-hybridized carbons (Fsp3) is 0.429. The second kappa shape index (κ2) is 8.27. The number of carbonyl (C=O) groups is 2. The molecule has 4 rings (SSSR count). The van der Waals surface area contributed by atoms with Crippen molar-refractivity contribution in [2.24, 2.45) is 5.92 Å². The van der Waals surface area contributed by atoms with Gasteiger partial charge in [0.15, 0.2) is 5.82 Å². The van der Waals surface area contributed by atoms with E-state index >= 15 is 0 Å². The van der Waals surface area contributed by atoms with Crippen LogP contribution >= 0.6 is 11.6 Å². The third-order valence-corrected chi connectivity index (χ3v) is 6.00. The Balaban J connectivity index is 1.58. The van der Waals surface area contributed by atoms with E-state index in [2.05, 4.69) is 15.3 Å². The predicted molar refractivity (Wildman–Crippen MR) is 107 cm³/mol. The van der Waals surface area contributed by atoms with Crippen LogP contribution in [0.4, 0.5) is 5.82 Å². The molecule has 2 amide bonds. The lowest BCUT2D eigenvalue weighted by Gasteiger charge is -2.31. The van der Waals surface area contributed by atoms with E-state index in [-0.39, 0.29) is 11.8 Å². The zero-order valence-electron chi connectivity index (χ0n) is 15.6. The monoisotopic (exact) mass is 398 g/mol. The molecule has 0 radical (unpaired) electrons. The minimum atomic E-state index is -0.555. The fourth-order valence-corrected chi connectivity index (χ4v) is 4.55. The predicted octanol–water partition coefficient (Wildman–Crippen LogP) is 4.06. The van der Waals surface area contributed by atoms with Crippen molar-refractivity contribution in [3.8, 4) is 0 Å². The van der Waals surface area contributed by atoms with E-state index in [1.165, 1.54) is 31.7 Å². The molecular weight excluding hydrogens is 376 g/mol. The number of benzene rings is 1. The van der Waals surface area contributed by atoms with E-state index in [9.17, 15) is 9.59 Å². The highest BCUT2D eigenvalue weighted by Crippen LogP contribution is 2.34. The Hall–Kier alpha value is -2.47. The van der Waals surface area contributed by atoms with Crippen LogP contribution in [-0.4, -0.2) is 32.7 Å². The molecule has 2 heterocycles. The van der Waals surface area contributed by atoms with Crippen LogP contribution in [0.25, 0.3) is 0 Å². The summed E-state index contributed by atoms with van der Waals surface area (Å²) in [6.45, 7) is 0.403. The van der Waals surface area contributed by atoms with Crippen molar-refractivity contribution in [3.05, 3.63) is 52.9 Å². The third kappa shape index (κ3) is 3.87. The number of nitrogens with zero attached hydrogens (tertiary/aromatic N) is 3. The highest BCUT2D eigenvalue weighted by molar-refractivity contribution is 6.34. The summed E-state index contributed by atoms with van der Waals surface area (Å²) in [5.74, 6) is 0.445. The van der Waals surface area contributed by atoms with E-state index in [4.69, 9.17) is 11.6 Å². The standard InChI is InChI=1S/C21H23ClN4O2/c22-16-8-4-7-15-13-26(21(28)19(15)16)17(11-14-5-2-1-3-6-14)20(27)25-18-12-23-9-10-24-18/h4,7-10,12,14,17H,1-3,5-6,11,13H2,(H,24,25,27). The molecule has 1 N–H and O–H groups in total. The van der Waals surface area contributed by atoms with Gasteiger partial charge in [-0.15, -0.1) is 0 Å². The number of aromatic nitrogens is 2. The van der Waals surface area contributed by atoms with Gasteiger partial charge in [-0.25, -0.2) is 4.98 Å². The lowest BCUT2D eigenvalue weighted by molar-refractivity contribution is -0.121. The van der Waals surface area contributed by atoms with Gasteiger partial charge in [-0.05, 0) is 24.0 Å². The summed E-state index contributed by atoms with van der Waals surface area (Å²) in [6.07, 6.45) is 11.1. The van der Waals surface area contributed by atoms with Gasteiger partial charge in [-0.1, -0.05) is 55.8 Å². The van der Waals surface area contributed by atoms with E-state index in [0.717, 1.165) is 18.4 Å².